The van der Waals surface area contributed by atoms with E-state index in [0.717, 1.165) is 38.5 Å². The summed E-state index contributed by atoms with van der Waals surface area (Å²) in [5.74, 6) is 0.410. The Morgan fingerprint density at radius 2 is 2.06 bits per heavy atom. The number of rotatable bonds is 7. The molecule has 0 saturated heterocycles. The minimum absolute atomic E-state index is 0. The predicted molar refractivity (Wildman–Crippen MR) is 132 cm³/mol. The van der Waals surface area contributed by atoms with Gasteiger partial charge in [0.1, 0.15) is 0 Å². The number of hydrogen-bond acceptors (Lipinski definition) is 6. The minimum atomic E-state index is -0.140. The summed E-state index contributed by atoms with van der Waals surface area (Å²) in [7, 11) is 1.86. The number of benzene rings is 1. The number of carbonyl (C=O) groups is 1. The maximum Gasteiger partial charge on any atom is 2.00 e. The summed E-state index contributed by atoms with van der Waals surface area (Å²) in [5.41, 5.74) is 5.61. The fraction of sp³-hybridized carbons (Fsp3) is 0.200. The summed E-state index contributed by atoms with van der Waals surface area (Å²) in [6.07, 6.45) is 5.94. The van der Waals surface area contributed by atoms with Crippen LogP contribution in [0.3, 0.4) is 0 Å². The summed E-state index contributed by atoms with van der Waals surface area (Å²) in [5, 5.41) is 10.4. The fourth-order valence-electron chi connectivity index (χ4n) is 3.65. The Morgan fingerprint density at radius 3 is 2.71 bits per heavy atom. The Morgan fingerprint density at radius 1 is 1.26 bits per heavy atom. The third-order valence-corrected chi connectivity index (χ3v) is 6.58. The molecule has 0 spiro atoms. The van der Waals surface area contributed by atoms with Gasteiger partial charge in [-0.15, -0.1) is 10.9 Å². The maximum absolute atomic E-state index is 12.7. The number of thiophene rings is 1. The second-order valence-corrected chi connectivity index (χ2v) is 9.01. The van der Waals surface area contributed by atoms with Crippen LogP contribution in [0.5, 0.6) is 0 Å². The summed E-state index contributed by atoms with van der Waals surface area (Å²) >= 11 is 1.45. The molecular weight excluding hydrogens is 670 g/mol. The largest absolute Gasteiger partial charge is 2.00 e. The molecule has 4 aromatic rings. The Bertz CT molecular complexity index is 1300. The van der Waals surface area contributed by atoms with Crippen LogP contribution in [0.1, 0.15) is 44.2 Å². The third kappa shape index (κ3) is 5.90. The van der Waals surface area contributed by atoms with E-state index in [9.17, 15) is 4.79 Å². The van der Waals surface area contributed by atoms with E-state index in [1.807, 2.05) is 51.4 Å². The van der Waals surface area contributed by atoms with Crippen LogP contribution in [0.2, 0.25) is 0 Å². The second-order valence-electron chi connectivity index (χ2n) is 7.87. The number of amides is 1. The van der Waals surface area contributed by atoms with Crippen LogP contribution in [-0.2, 0) is 13.5 Å². The molecule has 0 saturated carbocycles. The molecule has 3 aromatic heterocycles. The molecule has 0 aliphatic rings. The molecule has 9 heteroatoms. The van der Waals surface area contributed by atoms with Gasteiger partial charge in [-0.3, -0.25) is 9.48 Å². The van der Waals surface area contributed by atoms with Crippen LogP contribution in [0, 0.1) is 51.9 Å². The Labute approximate surface area is 227 Å². The molecule has 0 aliphatic heterocycles. The molecule has 7 nitrogen and oxygen atoms in total. The van der Waals surface area contributed by atoms with Gasteiger partial charge in [0.15, 0.2) is 0 Å². The van der Waals surface area contributed by atoms with Crippen molar-refractivity contribution in [3.8, 4) is 11.3 Å². The molecule has 1 aromatic carbocycles. The fourth-order valence-corrected chi connectivity index (χ4v) is 4.56. The average Bonchev–Trinajstić information content (AvgIpc) is 3.38. The maximum atomic E-state index is 12.7. The number of nitrogens with one attached hydrogen (secondary N) is 2. The van der Waals surface area contributed by atoms with Gasteiger partial charge in [-0.05, 0) is 37.1 Å². The quantitative estimate of drug-likeness (QED) is 0.265. The molecule has 0 bridgehead atoms. The van der Waals surface area contributed by atoms with Crippen molar-refractivity contribution in [2.24, 2.45) is 7.05 Å². The van der Waals surface area contributed by atoms with Gasteiger partial charge in [0.05, 0.1) is 23.6 Å². The van der Waals surface area contributed by atoms with E-state index in [4.69, 9.17) is 0 Å². The number of carbonyl (C=O) groups excluding carboxylic acids is 1. The third-order valence-electron chi connectivity index (χ3n) is 5.34. The minimum Gasteiger partial charge on any atom is -0.350 e. The second kappa shape index (κ2) is 11.2. The van der Waals surface area contributed by atoms with Gasteiger partial charge < -0.3 is 17.6 Å². The van der Waals surface area contributed by atoms with Crippen molar-refractivity contribution in [3.05, 3.63) is 89.2 Å². The normalized spacial score (nSPS) is 11.5. The van der Waals surface area contributed by atoms with E-state index in [-0.39, 0.29) is 43.1 Å². The SMILES string of the molecule is [CH2-]Cc1sc(C(=O)NC(C)c2ccc(-c3ccnc(Nc4cnn(C)c4)n3)cc2C)cc1[CH2-].[U+2]. The van der Waals surface area contributed by atoms with E-state index < -0.39 is 0 Å². The molecule has 34 heavy (non-hydrogen) atoms. The van der Waals surface area contributed by atoms with Crippen LogP contribution >= 0.6 is 11.3 Å². The van der Waals surface area contributed by atoms with Crippen molar-refractivity contribution >= 4 is 28.9 Å². The van der Waals surface area contributed by atoms with Crippen LogP contribution in [-0.4, -0.2) is 25.7 Å². The summed E-state index contributed by atoms with van der Waals surface area (Å²) in [4.78, 5) is 23.3. The predicted octanol–water partition coefficient (Wildman–Crippen LogP) is 5.04. The number of nitrogens with zero attached hydrogens (tertiary/aromatic N) is 4. The van der Waals surface area contributed by atoms with Crippen molar-refractivity contribution in [2.45, 2.75) is 26.3 Å². The van der Waals surface area contributed by atoms with Gasteiger partial charge in [0.25, 0.3) is 0 Å². The Hall–Kier alpha value is -2.60. The number of anilines is 2. The van der Waals surface area contributed by atoms with Crippen LogP contribution in [0.15, 0.2) is 48.9 Å². The van der Waals surface area contributed by atoms with Crippen LogP contribution < -0.4 is 10.6 Å². The molecule has 1 amide bonds. The number of hydrogen-bond donors (Lipinski definition) is 2. The Kier molecular flexibility index (Phi) is 8.58. The molecule has 3 heterocycles. The van der Waals surface area contributed by atoms with E-state index in [0.29, 0.717) is 17.2 Å². The summed E-state index contributed by atoms with van der Waals surface area (Å²) in [6.45, 7) is 11.9. The van der Waals surface area contributed by atoms with E-state index in [2.05, 4.69) is 45.6 Å². The molecule has 1 unspecified atom stereocenters. The summed E-state index contributed by atoms with van der Waals surface area (Å²) in [6, 6.07) is 9.69. The van der Waals surface area contributed by atoms with E-state index >= 15 is 0 Å². The van der Waals surface area contributed by atoms with E-state index in [1.165, 1.54) is 11.3 Å². The zero-order valence-electron chi connectivity index (χ0n) is 19.4. The molecule has 0 aliphatic carbocycles. The monoisotopic (exact) mass is 696 g/mol. The number of aryl methyl sites for hydroxylation is 2. The van der Waals surface area contributed by atoms with Crippen LogP contribution in [0.25, 0.3) is 11.3 Å². The standard InChI is InChI=1S/C25H26N6OS.U/c1-6-22-16(3)12-23(33-22)24(32)28-17(4)20-8-7-18(11-15(20)2)21-9-10-26-25(30-21)29-19-13-27-31(5)14-19;/h7-14,17H,1,3,6H2,2,4-5H3,(H,28,32)(H,26,29,30);/q-2;+2. The smallest absolute Gasteiger partial charge is 0.350 e. The molecule has 4 rings (SSSR count). The van der Waals surface area contributed by atoms with Crippen LogP contribution in [0.4, 0.5) is 11.6 Å². The Balaban J connectivity index is 0.00000324. The molecule has 0 radical (unpaired) electrons. The number of aromatic nitrogens is 4. The van der Waals surface area contributed by atoms with Crippen molar-refractivity contribution < 1.29 is 35.9 Å². The zero-order valence-corrected chi connectivity index (χ0v) is 24.4. The van der Waals surface area contributed by atoms with Gasteiger partial charge in [-0.2, -0.15) is 24.0 Å². The van der Waals surface area contributed by atoms with Crippen molar-refractivity contribution in [3.63, 3.8) is 0 Å². The first kappa shape index (κ1) is 26.0. The van der Waals surface area contributed by atoms with Gasteiger partial charge >= 0.3 is 31.1 Å². The zero-order chi connectivity index (χ0) is 23.5. The van der Waals surface area contributed by atoms with Crippen molar-refractivity contribution in [1.82, 2.24) is 25.1 Å². The molecule has 1 atom stereocenters. The molecule has 172 valence electrons. The first-order chi connectivity index (χ1) is 15.8. The molecule has 2 N–H and O–H groups in total. The van der Waals surface area contributed by atoms with Gasteiger partial charge in [0, 0.05) is 29.9 Å². The van der Waals surface area contributed by atoms with Gasteiger partial charge in [-0.1, -0.05) is 12.1 Å². The van der Waals surface area contributed by atoms with E-state index in [1.54, 1.807) is 17.1 Å². The molecular formula is C25H26N6OSU. The van der Waals surface area contributed by atoms with Crippen molar-refractivity contribution in [1.29, 1.82) is 0 Å². The molecule has 0 fully saturated rings. The average molecular weight is 697 g/mol. The van der Waals surface area contributed by atoms with Gasteiger partial charge in [0.2, 0.25) is 11.9 Å². The topological polar surface area (TPSA) is 84.7 Å². The first-order valence-corrected chi connectivity index (χ1v) is 11.4. The first-order valence-electron chi connectivity index (χ1n) is 10.6. The summed E-state index contributed by atoms with van der Waals surface area (Å²) < 4.78 is 1.71. The van der Waals surface area contributed by atoms with Gasteiger partial charge in [-0.25, -0.2) is 21.3 Å². The van der Waals surface area contributed by atoms with Crippen molar-refractivity contribution in [2.75, 3.05) is 5.32 Å².